The number of hydrogen-bond acceptors (Lipinski definition) is 14. The lowest BCUT2D eigenvalue weighted by molar-refractivity contribution is -0.129. The Morgan fingerprint density at radius 2 is 0.936 bits per heavy atom. The molecule has 280 valence electrons. The Morgan fingerprint density at radius 1 is 0.532 bits per heavy atom. The predicted octanol–water partition coefficient (Wildman–Crippen LogP) is -2.81. The summed E-state index contributed by atoms with van der Waals surface area (Å²) < 4.78 is 68.7. The SMILES string of the molecule is CCCS(=O)(=O)CCN1CCN(C)CC1.CN1CCN(C(=O)CS(=O)(=O)CCN)CC1.CN1CCN(CCCS(=O)(=O)CCN)CC1. The Morgan fingerprint density at radius 3 is 1.38 bits per heavy atom. The number of nitrogens with zero attached hydrogens (tertiary/aromatic N) is 6. The molecule has 0 bridgehead atoms. The van der Waals surface area contributed by atoms with E-state index < -0.39 is 35.3 Å². The second-order valence-electron chi connectivity index (χ2n) is 12.8. The van der Waals surface area contributed by atoms with E-state index in [1.54, 1.807) is 4.90 Å². The molecule has 0 saturated carbocycles. The van der Waals surface area contributed by atoms with Crippen LogP contribution < -0.4 is 11.5 Å². The van der Waals surface area contributed by atoms with Crippen LogP contribution in [0, 0.1) is 0 Å². The minimum absolute atomic E-state index is 0.0678. The summed E-state index contributed by atoms with van der Waals surface area (Å²) in [5.41, 5.74) is 10.4. The maximum Gasteiger partial charge on any atom is 0.237 e. The second-order valence-corrected chi connectivity index (χ2v) is 19.6. The highest BCUT2D eigenvalue weighted by Gasteiger charge is 2.24. The lowest BCUT2D eigenvalue weighted by Crippen LogP contribution is -2.49. The maximum atomic E-state index is 11.7. The Kier molecular flexibility index (Phi) is 21.3. The molecular formula is C29H64N8O7S3. The third-order valence-electron chi connectivity index (χ3n) is 8.41. The highest BCUT2D eigenvalue weighted by molar-refractivity contribution is 7.92. The Hall–Kier alpha value is -0.960. The van der Waals surface area contributed by atoms with E-state index in [0.717, 1.165) is 84.8 Å². The Balaban J connectivity index is 0.000000353. The largest absolute Gasteiger partial charge is 0.339 e. The molecule has 0 atom stereocenters. The number of sulfone groups is 3. The van der Waals surface area contributed by atoms with E-state index in [4.69, 9.17) is 11.5 Å². The van der Waals surface area contributed by atoms with Gasteiger partial charge in [-0.15, -0.1) is 0 Å². The molecule has 3 rings (SSSR count). The normalized spacial score (nSPS) is 19.8. The first-order valence-electron chi connectivity index (χ1n) is 16.8. The Bertz CT molecular complexity index is 1180. The van der Waals surface area contributed by atoms with Gasteiger partial charge in [-0.2, -0.15) is 0 Å². The molecule has 18 heteroatoms. The topological polar surface area (TPSA) is 191 Å². The van der Waals surface area contributed by atoms with Gasteiger partial charge in [0.05, 0.1) is 23.0 Å². The van der Waals surface area contributed by atoms with Crippen LogP contribution in [0.25, 0.3) is 0 Å². The van der Waals surface area contributed by atoms with Crippen LogP contribution in [0.5, 0.6) is 0 Å². The molecule has 0 aromatic rings. The van der Waals surface area contributed by atoms with Gasteiger partial charge in [0.25, 0.3) is 0 Å². The first-order chi connectivity index (χ1) is 22.0. The molecule has 3 saturated heterocycles. The number of carbonyl (C=O) groups excluding carboxylic acids is 1. The van der Waals surface area contributed by atoms with Crippen LogP contribution in [-0.2, 0) is 34.3 Å². The highest BCUT2D eigenvalue weighted by Crippen LogP contribution is 2.04. The van der Waals surface area contributed by atoms with Crippen molar-refractivity contribution in [2.45, 2.75) is 19.8 Å². The molecule has 0 aromatic carbocycles. The van der Waals surface area contributed by atoms with E-state index >= 15 is 0 Å². The van der Waals surface area contributed by atoms with E-state index in [-0.39, 0.29) is 36.3 Å². The number of carbonyl (C=O) groups is 1. The zero-order chi connectivity index (χ0) is 35.5. The minimum Gasteiger partial charge on any atom is -0.339 e. The zero-order valence-corrected chi connectivity index (χ0v) is 31.8. The molecule has 3 aliphatic heterocycles. The van der Waals surface area contributed by atoms with Crippen LogP contribution in [0.3, 0.4) is 0 Å². The van der Waals surface area contributed by atoms with Crippen LogP contribution in [0.15, 0.2) is 0 Å². The van der Waals surface area contributed by atoms with E-state index in [1.807, 2.05) is 14.0 Å². The monoisotopic (exact) mass is 732 g/mol. The summed E-state index contributed by atoms with van der Waals surface area (Å²) in [7, 11) is -2.83. The van der Waals surface area contributed by atoms with E-state index in [0.29, 0.717) is 31.1 Å². The molecule has 4 N–H and O–H groups in total. The number of likely N-dealkylation sites (N-methyl/N-ethyl adjacent to an activating group) is 3. The van der Waals surface area contributed by atoms with Gasteiger partial charge in [0, 0.05) is 104 Å². The van der Waals surface area contributed by atoms with Gasteiger partial charge >= 0.3 is 0 Å². The van der Waals surface area contributed by atoms with E-state index in [9.17, 15) is 30.0 Å². The van der Waals surface area contributed by atoms with Crippen LogP contribution in [-0.4, -0.2) is 221 Å². The van der Waals surface area contributed by atoms with Crippen molar-refractivity contribution in [2.24, 2.45) is 11.5 Å². The van der Waals surface area contributed by atoms with Crippen LogP contribution in [0.2, 0.25) is 0 Å². The smallest absolute Gasteiger partial charge is 0.237 e. The van der Waals surface area contributed by atoms with Gasteiger partial charge in [-0.3, -0.25) is 9.69 Å². The van der Waals surface area contributed by atoms with Gasteiger partial charge in [-0.1, -0.05) is 6.92 Å². The molecule has 1 amide bonds. The van der Waals surface area contributed by atoms with Crippen molar-refractivity contribution < 1.29 is 30.0 Å². The number of amides is 1. The van der Waals surface area contributed by atoms with Gasteiger partial charge in [-0.25, -0.2) is 25.3 Å². The molecule has 0 spiro atoms. The van der Waals surface area contributed by atoms with Gasteiger partial charge in [0.2, 0.25) is 5.91 Å². The average molecular weight is 733 g/mol. The van der Waals surface area contributed by atoms with Crippen molar-refractivity contribution in [3.8, 4) is 0 Å². The Labute approximate surface area is 285 Å². The minimum atomic E-state index is -3.32. The van der Waals surface area contributed by atoms with Crippen LogP contribution in [0.4, 0.5) is 0 Å². The molecule has 0 radical (unpaired) electrons. The fraction of sp³-hybridized carbons (Fsp3) is 0.966. The average Bonchev–Trinajstić information content (AvgIpc) is 2.98. The van der Waals surface area contributed by atoms with Crippen molar-refractivity contribution in [3.05, 3.63) is 0 Å². The summed E-state index contributed by atoms with van der Waals surface area (Å²) in [5.74, 6) is 0.222. The fourth-order valence-electron chi connectivity index (χ4n) is 5.20. The fourth-order valence-corrected chi connectivity index (χ4v) is 8.76. The van der Waals surface area contributed by atoms with Gasteiger partial charge in [0.15, 0.2) is 29.5 Å². The molecule has 0 aromatic heterocycles. The quantitative estimate of drug-likeness (QED) is 0.175. The molecule has 3 fully saturated rings. The molecule has 47 heavy (non-hydrogen) atoms. The number of rotatable bonds is 15. The summed E-state index contributed by atoms with van der Waals surface area (Å²) in [6.45, 7) is 15.0. The summed E-state index contributed by atoms with van der Waals surface area (Å²) >= 11 is 0. The highest BCUT2D eigenvalue weighted by atomic mass is 32.2. The first-order valence-corrected chi connectivity index (χ1v) is 22.3. The summed E-state index contributed by atoms with van der Waals surface area (Å²) in [6.07, 6.45) is 1.46. The van der Waals surface area contributed by atoms with Crippen molar-refractivity contribution in [1.82, 2.24) is 29.4 Å². The maximum absolute atomic E-state index is 11.7. The molecule has 0 unspecified atom stereocenters. The summed E-state index contributed by atoms with van der Waals surface area (Å²) in [5, 5.41) is 0. The number of nitrogens with two attached hydrogens (primary N) is 2. The third kappa shape index (κ3) is 21.0. The van der Waals surface area contributed by atoms with Crippen molar-refractivity contribution in [1.29, 1.82) is 0 Å². The number of piperazine rings is 3. The molecule has 3 aliphatic rings. The third-order valence-corrected chi connectivity index (χ3v) is 13.6. The summed E-state index contributed by atoms with van der Waals surface area (Å²) in [4.78, 5) is 24.5. The van der Waals surface area contributed by atoms with Crippen LogP contribution in [0.1, 0.15) is 19.8 Å². The second kappa shape index (κ2) is 22.7. The van der Waals surface area contributed by atoms with E-state index in [2.05, 4.69) is 38.6 Å². The molecular weight excluding hydrogens is 669 g/mol. The van der Waals surface area contributed by atoms with Crippen molar-refractivity contribution in [3.63, 3.8) is 0 Å². The molecule has 0 aliphatic carbocycles. The van der Waals surface area contributed by atoms with E-state index in [1.165, 1.54) is 0 Å². The first kappa shape index (κ1) is 44.1. The number of hydrogen-bond donors (Lipinski definition) is 2. The molecule has 3 heterocycles. The lowest BCUT2D eigenvalue weighted by atomic mass is 10.3. The zero-order valence-electron chi connectivity index (χ0n) is 29.4. The van der Waals surface area contributed by atoms with Crippen molar-refractivity contribution >= 4 is 35.4 Å². The van der Waals surface area contributed by atoms with Gasteiger partial charge in [-0.05, 0) is 40.5 Å². The van der Waals surface area contributed by atoms with Gasteiger partial charge in [0.1, 0.15) is 5.75 Å². The standard InChI is InChI=1S/C10H23N3O2S.C10H22N2O2S.C9H19N3O3S/c1-12-5-7-13(8-6-12)4-2-9-16(14,15)10-3-11;1-3-9-15(13,14)10-8-12-6-4-11(2)5-7-12;1-11-3-5-12(6-4-11)9(13)8-16(14,15)7-2-10/h2-11H2,1H3;3-10H2,1-2H3;2-8,10H2,1H3. The van der Waals surface area contributed by atoms with Crippen LogP contribution >= 0.6 is 0 Å². The van der Waals surface area contributed by atoms with Gasteiger partial charge < -0.3 is 36.0 Å². The predicted molar refractivity (Wildman–Crippen MR) is 191 cm³/mol. The summed E-state index contributed by atoms with van der Waals surface area (Å²) in [6, 6.07) is 0. The molecule has 15 nitrogen and oxygen atoms in total. The lowest BCUT2D eigenvalue weighted by Gasteiger charge is -2.32. The van der Waals surface area contributed by atoms with Crippen molar-refractivity contribution in [2.75, 3.05) is 160 Å².